The van der Waals surface area contributed by atoms with Crippen LogP contribution in [0.4, 0.5) is 11.4 Å². The minimum absolute atomic E-state index is 0.269. The van der Waals surface area contributed by atoms with Crippen molar-refractivity contribution in [3.05, 3.63) is 58.7 Å². The third-order valence-corrected chi connectivity index (χ3v) is 5.52. The van der Waals surface area contributed by atoms with Crippen LogP contribution in [0.3, 0.4) is 0 Å². The molecule has 3 nitrogen and oxygen atoms in total. The predicted molar refractivity (Wildman–Crippen MR) is 115 cm³/mol. The largest absolute Gasteiger partial charge is 0.430 e. The lowest BCUT2D eigenvalue weighted by atomic mass is 9.46. The summed E-state index contributed by atoms with van der Waals surface area (Å²) in [7, 11) is 0. The molecular formula is C19H28B3N3. The van der Waals surface area contributed by atoms with Crippen molar-refractivity contribution in [3.8, 4) is 0 Å². The van der Waals surface area contributed by atoms with Gasteiger partial charge in [0.25, 0.3) is 0 Å². The number of hydrogen-bond donors (Lipinski definition) is 1. The highest BCUT2D eigenvalue weighted by Crippen LogP contribution is 2.33. The van der Waals surface area contributed by atoms with Crippen LogP contribution in [0.15, 0.2) is 36.4 Å². The van der Waals surface area contributed by atoms with Crippen molar-refractivity contribution in [1.82, 2.24) is 5.14 Å². The lowest BCUT2D eigenvalue weighted by Crippen LogP contribution is -2.75. The fraction of sp³-hybridized carbons (Fsp3) is 0.368. The van der Waals surface area contributed by atoms with Gasteiger partial charge in [-0.3, -0.25) is 0 Å². The lowest BCUT2D eigenvalue weighted by molar-refractivity contribution is 1.19. The first-order chi connectivity index (χ1) is 11.8. The Labute approximate surface area is 154 Å². The second kappa shape index (κ2) is 6.83. The summed E-state index contributed by atoms with van der Waals surface area (Å²) in [4.78, 5) is 0. The van der Waals surface area contributed by atoms with Crippen LogP contribution in [-0.4, -0.2) is 20.9 Å². The van der Waals surface area contributed by atoms with E-state index in [1.165, 1.54) is 33.6 Å². The molecule has 0 radical (unpaired) electrons. The van der Waals surface area contributed by atoms with Gasteiger partial charge in [0.1, 0.15) is 0 Å². The van der Waals surface area contributed by atoms with Gasteiger partial charge in [-0.25, -0.2) is 0 Å². The number of anilines is 2. The second-order valence-electron chi connectivity index (χ2n) is 7.45. The zero-order chi connectivity index (χ0) is 18.3. The monoisotopic (exact) mass is 331 g/mol. The van der Waals surface area contributed by atoms with Crippen molar-refractivity contribution in [2.45, 2.75) is 48.2 Å². The number of para-hydroxylation sites is 2. The number of rotatable bonds is 2. The van der Waals surface area contributed by atoms with Crippen LogP contribution in [0.25, 0.3) is 0 Å². The van der Waals surface area contributed by atoms with E-state index in [4.69, 9.17) is 0 Å². The quantitative estimate of drug-likeness (QED) is 0.833. The highest BCUT2D eigenvalue weighted by atomic mass is 15.3. The van der Waals surface area contributed by atoms with E-state index >= 15 is 0 Å². The van der Waals surface area contributed by atoms with E-state index in [2.05, 4.69) is 99.1 Å². The number of benzene rings is 2. The minimum atomic E-state index is 0.269. The molecule has 1 aliphatic heterocycles. The Balaban J connectivity index is 2.11. The van der Waals surface area contributed by atoms with Crippen molar-refractivity contribution >= 4 is 32.3 Å². The van der Waals surface area contributed by atoms with Gasteiger partial charge in [0.05, 0.1) is 0 Å². The smallest absolute Gasteiger partial charge is 0.348 e. The van der Waals surface area contributed by atoms with Gasteiger partial charge in [0.2, 0.25) is 0 Å². The maximum absolute atomic E-state index is 3.77. The molecule has 128 valence electrons. The summed E-state index contributed by atoms with van der Waals surface area (Å²) >= 11 is 0. The van der Waals surface area contributed by atoms with Gasteiger partial charge < -0.3 is 14.6 Å². The molecule has 0 aliphatic carbocycles. The summed E-state index contributed by atoms with van der Waals surface area (Å²) < 4.78 is 5.05. The van der Waals surface area contributed by atoms with Gasteiger partial charge in [0.15, 0.2) is 0 Å². The van der Waals surface area contributed by atoms with Crippen LogP contribution in [0.1, 0.15) is 22.3 Å². The Morgan fingerprint density at radius 2 is 0.960 bits per heavy atom. The highest BCUT2D eigenvalue weighted by molar-refractivity contribution is 6.98. The maximum atomic E-state index is 3.77. The van der Waals surface area contributed by atoms with Crippen LogP contribution >= 0.6 is 0 Å². The zero-order valence-electron chi connectivity index (χ0n) is 16.6. The number of nitrogens with one attached hydrogen (secondary N) is 1. The highest BCUT2D eigenvalue weighted by Gasteiger charge is 2.43. The molecule has 6 heteroatoms. The zero-order valence-corrected chi connectivity index (χ0v) is 16.6. The van der Waals surface area contributed by atoms with Gasteiger partial charge in [-0.2, -0.15) is 0 Å². The first-order valence-corrected chi connectivity index (χ1v) is 9.28. The summed E-state index contributed by atoms with van der Waals surface area (Å²) in [6, 6.07) is 13.1. The topological polar surface area (TPSA) is 18.5 Å². The van der Waals surface area contributed by atoms with Crippen LogP contribution in [0.5, 0.6) is 0 Å². The lowest BCUT2D eigenvalue weighted by Gasteiger charge is -2.50. The standard InChI is InChI=1S/C19H28B3N3/c1-14-10-8-11-15(2)18(14)24-20(5)23-21(6)25(22(24)7)19-16(3)12-9-13-17(19)4/h8-13,23H,1-7H3. The molecule has 2 aromatic rings. The average molecular weight is 331 g/mol. The van der Waals surface area contributed by atoms with Gasteiger partial charge in [0, 0.05) is 11.4 Å². The van der Waals surface area contributed by atoms with Crippen LogP contribution in [0.2, 0.25) is 20.5 Å². The van der Waals surface area contributed by atoms with E-state index in [1.807, 2.05) is 0 Å². The van der Waals surface area contributed by atoms with E-state index in [0.717, 1.165) is 0 Å². The maximum Gasteiger partial charge on any atom is 0.348 e. The Morgan fingerprint density at radius 3 is 1.28 bits per heavy atom. The Bertz CT molecular complexity index is 677. The Hall–Kier alpha value is -1.81. The first kappa shape index (κ1) is 18.0. The summed E-state index contributed by atoms with van der Waals surface area (Å²) in [6.45, 7) is 16.5. The third-order valence-electron chi connectivity index (χ3n) is 5.52. The predicted octanol–water partition coefficient (Wildman–Crippen LogP) is 4.19. The molecule has 1 aliphatic rings. The average Bonchev–Trinajstić information content (AvgIpc) is 2.52. The van der Waals surface area contributed by atoms with Crippen molar-refractivity contribution < 1.29 is 0 Å². The van der Waals surface area contributed by atoms with Crippen LogP contribution in [0, 0.1) is 27.7 Å². The van der Waals surface area contributed by atoms with Crippen molar-refractivity contribution in [2.24, 2.45) is 0 Å². The molecule has 1 heterocycles. The summed E-state index contributed by atoms with van der Waals surface area (Å²) in [6.07, 6.45) is 0. The van der Waals surface area contributed by atoms with Gasteiger partial charge in [-0.05, 0) is 56.8 Å². The Kier molecular flexibility index (Phi) is 4.92. The fourth-order valence-corrected chi connectivity index (χ4v) is 4.48. The van der Waals surface area contributed by atoms with E-state index in [-0.39, 0.29) is 20.9 Å². The van der Waals surface area contributed by atoms with E-state index in [1.54, 1.807) is 0 Å². The number of nitrogens with zero attached hydrogens (tertiary/aromatic N) is 2. The van der Waals surface area contributed by atoms with E-state index in [9.17, 15) is 0 Å². The minimum Gasteiger partial charge on any atom is -0.430 e. The van der Waals surface area contributed by atoms with E-state index in [0.29, 0.717) is 0 Å². The molecule has 1 fully saturated rings. The summed E-state index contributed by atoms with van der Waals surface area (Å²) in [5.74, 6) is 0. The molecule has 2 aromatic carbocycles. The number of hydrogen-bond acceptors (Lipinski definition) is 3. The third kappa shape index (κ3) is 3.08. The molecule has 0 unspecified atom stereocenters. The summed E-state index contributed by atoms with van der Waals surface area (Å²) in [5, 5.41) is 3.77. The van der Waals surface area contributed by atoms with E-state index < -0.39 is 0 Å². The van der Waals surface area contributed by atoms with Gasteiger partial charge in [-0.15, -0.1) is 0 Å². The summed E-state index contributed by atoms with van der Waals surface area (Å²) in [5.41, 5.74) is 8.01. The molecular weight excluding hydrogens is 303 g/mol. The second-order valence-corrected chi connectivity index (χ2v) is 7.45. The SMILES string of the molecule is CB1NB(C)N(c2c(C)cccc2C)B(C)N1c1c(C)cccc1C. The molecule has 25 heavy (non-hydrogen) atoms. The molecule has 0 amide bonds. The molecule has 0 spiro atoms. The molecule has 0 atom stereocenters. The van der Waals surface area contributed by atoms with Crippen LogP contribution in [-0.2, 0) is 0 Å². The first-order valence-electron chi connectivity index (χ1n) is 9.28. The molecule has 0 saturated carbocycles. The Morgan fingerprint density at radius 1 is 0.640 bits per heavy atom. The molecule has 0 aromatic heterocycles. The number of aryl methyl sites for hydroxylation is 4. The van der Waals surface area contributed by atoms with Crippen LogP contribution < -0.4 is 14.6 Å². The molecule has 0 bridgehead atoms. The van der Waals surface area contributed by atoms with Gasteiger partial charge in [-0.1, -0.05) is 50.0 Å². The van der Waals surface area contributed by atoms with Crippen molar-refractivity contribution in [2.75, 3.05) is 9.44 Å². The molecule has 1 saturated heterocycles. The normalized spacial score (nSPS) is 15.2. The molecule has 1 N–H and O–H groups in total. The molecule has 3 rings (SSSR count). The van der Waals surface area contributed by atoms with Gasteiger partial charge >= 0.3 is 20.9 Å². The van der Waals surface area contributed by atoms with Crippen molar-refractivity contribution in [3.63, 3.8) is 0 Å². The van der Waals surface area contributed by atoms with Crippen molar-refractivity contribution in [1.29, 1.82) is 0 Å². The fourth-order valence-electron chi connectivity index (χ4n) is 4.48.